The van der Waals surface area contributed by atoms with E-state index in [1.165, 1.54) is 24.3 Å². The van der Waals surface area contributed by atoms with Gasteiger partial charge in [-0.1, -0.05) is 46.4 Å². The molecule has 0 amide bonds. The van der Waals surface area contributed by atoms with Crippen LogP contribution < -0.4 is 11.5 Å². The number of halogens is 6. The summed E-state index contributed by atoms with van der Waals surface area (Å²) in [4.78, 5) is 0. The van der Waals surface area contributed by atoms with E-state index in [1.54, 1.807) is 0 Å². The first-order valence-electron chi connectivity index (χ1n) is 6.57. The molecular weight excluding hydrogens is 542 g/mol. The molecule has 0 aliphatic rings. The van der Waals surface area contributed by atoms with Gasteiger partial charge in [-0.3, -0.25) is 0 Å². The summed E-state index contributed by atoms with van der Waals surface area (Å²) < 4.78 is 0. The van der Waals surface area contributed by atoms with E-state index in [4.69, 9.17) is 57.9 Å². The number of phenols is 2. The minimum Gasteiger partial charge on any atom is -0.508 e. The number of hydrogen-bond donors (Lipinski definition) is 4. The highest BCUT2D eigenvalue weighted by Gasteiger charge is 2.22. The predicted octanol–water partition coefficient (Wildman–Crippen LogP) is 5.96. The topological polar surface area (TPSA) is 92.5 Å². The van der Waals surface area contributed by atoms with Gasteiger partial charge in [0.1, 0.15) is 11.5 Å². The van der Waals surface area contributed by atoms with E-state index in [0.29, 0.717) is 11.1 Å². The van der Waals surface area contributed by atoms with Crippen molar-refractivity contribution in [2.24, 2.45) is 11.5 Å². The van der Waals surface area contributed by atoms with Crippen LogP contribution in [0.3, 0.4) is 0 Å². The van der Waals surface area contributed by atoms with Crippen LogP contribution in [0.15, 0.2) is 24.3 Å². The van der Waals surface area contributed by atoms with Crippen LogP contribution in [0.4, 0.5) is 0 Å². The zero-order chi connectivity index (χ0) is 17.3. The van der Waals surface area contributed by atoms with E-state index in [1.807, 2.05) is 0 Å². The third-order valence-electron chi connectivity index (χ3n) is 3.38. The maximum absolute atomic E-state index is 9.47. The van der Waals surface area contributed by atoms with E-state index < -0.39 is 12.1 Å². The Balaban J connectivity index is 0.00000288. The van der Waals surface area contributed by atoms with Gasteiger partial charge in [-0.15, -0.1) is 34.0 Å². The van der Waals surface area contributed by atoms with Crippen LogP contribution in [-0.4, -0.2) is 10.2 Å². The molecule has 2 aromatic carbocycles. The molecule has 25 heavy (non-hydrogen) atoms. The lowest BCUT2D eigenvalue weighted by atomic mass is 9.95. The van der Waals surface area contributed by atoms with Gasteiger partial charge in [-0.2, -0.15) is 0 Å². The van der Waals surface area contributed by atoms with Gasteiger partial charge in [-0.05, 0) is 30.7 Å². The number of aromatic hydroxyl groups is 2. The van der Waals surface area contributed by atoms with E-state index in [-0.39, 0.29) is 72.0 Å². The Morgan fingerprint density at radius 3 is 1.16 bits per heavy atom. The second kappa shape index (κ2) is 10.4. The second-order valence-electron chi connectivity index (χ2n) is 5.09. The van der Waals surface area contributed by atoms with Gasteiger partial charge in [0.2, 0.25) is 0 Å². The normalized spacial score (nSPS) is 12.7. The Labute approximate surface area is 186 Å². The Morgan fingerprint density at radius 2 is 0.920 bits per heavy atom. The summed E-state index contributed by atoms with van der Waals surface area (Å²) in [5.74, 6) is -0.102. The van der Waals surface area contributed by atoms with Gasteiger partial charge in [-0.25, -0.2) is 0 Å². The zero-order valence-electron chi connectivity index (χ0n) is 12.5. The average Bonchev–Trinajstić information content (AvgIpc) is 2.35. The fourth-order valence-corrected chi connectivity index (χ4v) is 3.87. The molecule has 0 saturated carbocycles. The van der Waals surface area contributed by atoms with Crippen molar-refractivity contribution in [3.05, 3.63) is 55.5 Å². The van der Waals surface area contributed by atoms with Crippen molar-refractivity contribution >= 4 is 80.4 Å². The molecule has 0 bridgehead atoms. The van der Waals surface area contributed by atoms with Gasteiger partial charge in [0.15, 0.2) is 0 Å². The van der Waals surface area contributed by atoms with Crippen LogP contribution in [-0.2, 0) is 0 Å². The quantitative estimate of drug-likeness (QED) is 0.373. The molecule has 2 rings (SSSR count). The van der Waals surface area contributed by atoms with Gasteiger partial charge < -0.3 is 21.7 Å². The molecule has 4 nitrogen and oxygen atoms in total. The lowest BCUT2D eigenvalue weighted by Crippen LogP contribution is -2.21. The van der Waals surface area contributed by atoms with Crippen LogP contribution >= 0.6 is 80.4 Å². The molecule has 10 heteroatoms. The lowest BCUT2D eigenvalue weighted by Gasteiger charge is -2.21. The van der Waals surface area contributed by atoms with Crippen molar-refractivity contribution in [1.29, 1.82) is 0 Å². The summed E-state index contributed by atoms with van der Waals surface area (Å²) >= 11 is 24.4. The fraction of sp³-hybridized carbons (Fsp3) is 0.200. The fourth-order valence-electron chi connectivity index (χ4n) is 2.36. The van der Waals surface area contributed by atoms with Crippen molar-refractivity contribution in [2.45, 2.75) is 18.5 Å². The summed E-state index contributed by atoms with van der Waals surface area (Å²) in [5.41, 5.74) is 13.3. The molecule has 0 spiro atoms. The third kappa shape index (κ3) is 6.04. The lowest BCUT2D eigenvalue weighted by molar-refractivity contribution is 0.474. The monoisotopic (exact) mass is 554 g/mol. The first-order valence-corrected chi connectivity index (χ1v) is 8.08. The molecule has 0 saturated heterocycles. The standard InChI is InChI=1S/C15H14Cl4N2O2.2BrH/c16-8-1-6(22)2-9(17)14(8)12(20)5-13(21)15-10(18)3-7(23)4-11(15)19;;/h1-4,12-13,22-23H,5,20-21H2;2*1H. The molecule has 6 N–H and O–H groups in total. The molecule has 2 aromatic rings. The Morgan fingerprint density at radius 1 is 0.680 bits per heavy atom. The van der Waals surface area contributed by atoms with Crippen molar-refractivity contribution in [1.82, 2.24) is 0 Å². The van der Waals surface area contributed by atoms with Crippen molar-refractivity contribution < 1.29 is 10.2 Å². The number of rotatable bonds is 4. The van der Waals surface area contributed by atoms with Crippen molar-refractivity contribution in [3.8, 4) is 11.5 Å². The van der Waals surface area contributed by atoms with Crippen molar-refractivity contribution in [3.63, 3.8) is 0 Å². The molecule has 0 aromatic heterocycles. The highest BCUT2D eigenvalue weighted by atomic mass is 79.9. The van der Waals surface area contributed by atoms with E-state index in [0.717, 1.165) is 0 Å². The highest BCUT2D eigenvalue weighted by molar-refractivity contribution is 8.93. The molecule has 2 atom stereocenters. The van der Waals surface area contributed by atoms with E-state index in [9.17, 15) is 10.2 Å². The summed E-state index contributed by atoms with van der Waals surface area (Å²) in [5, 5.41) is 19.9. The van der Waals surface area contributed by atoms with Crippen LogP contribution in [0.1, 0.15) is 29.6 Å². The summed E-state index contributed by atoms with van der Waals surface area (Å²) in [6, 6.07) is 4.24. The molecule has 140 valence electrons. The van der Waals surface area contributed by atoms with Gasteiger partial charge in [0.25, 0.3) is 0 Å². The highest BCUT2D eigenvalue weighted by Crippen LogP contribution is 2.39. The van der Waals surface area contributed by atoms with E-state index in [2.05, 4.69) is 0 Å². The smallest absolute Gasteiger partial charge is 0.118 e. The van der Waals surface area contributed by atoms with Crippen LogP contribution in [0, 0.1) is 0 Å². The first-order chi connectivity index (χ1) is 10.7. The number of hydrogen-bond acceptors (Lipinski definition) is 4. The number of nitrogens with two attached hydrogens (primary N) is 2. The largest absolute Gasteiger partial charge is 0.508 e. The molecule has 0 aliphatic carbocycles. The molecule has 0 heterocycles. The number of phenolic OH excluding ortho intramolecular Hbond substituents is 2. The Hall–Kier alpha value is 0.0800. The maximum Gasteiger partial charge on any atom is 0.118 e. The summed E-state index contributed by atoms with van der Waals surface area (Å²) in [6.45, 7) is 0. The maximum atomic E-state index is 9.47. The molecular formula is C15H16Br2Cl4N2O2. The molecule has 2 unspecified atom stereocenters. The summed E-state index contributed by atoms with van der Waals surface area (Å²) in [7, 11) is 0. The SMILES string of the molecule is Br.Br.NC(CC(N)c1c(Cl)cc(O)cc1Cl)c1c(Cl)cc(O)cc1Cl. The van der Waals surface area contributed by atoms with Gasteiger partial charge >= 0.3 is 0 Å². The van der Waals surface area contributed by atoms with Gasteiger partial charge in [0, 0.05) is 23.2 Å². The average molecular weight is 558 g/mol. The third-order valence-corrected chi connectivity index (χ3v) is 4.63. The van der Waals surface area contributed by atoms with Crippen LogP contribution in [0.25, 0.3) is 0 Å². The Bertz CT molecular complexity index is 642. The summed E-state index contributed by atoms with van der Waals surface area (Å²) in [6.07, 6.45) is 0.258. The minimum absolute atomic E-state index is 0. The second-order valence-corrected chi connectivity index (χ2v) is 6.72. The van der Waals surface area contributed by atoms with Gasteiger partial charge in [0.05, 0.1) is 20.1 Å². The van der Waals surface area contributed by atoms with Crippen LogP contribution in [0.2, 0.25) is 20.1 Å². The zero-order valence-corrected chi connectivity index (χ0v) is 19.0. The first kappa shape index (κ1) is 25.1. The Kier molecular flexibility index (Phi) is 10.5. The molecule has 0 fully saturated rings. The molecule has 0 aliphatic heterocycles. The van der Waals surface area contributed by atoms with Crippen LogP contribution in [0.5, 0.6) is 11.5 Å². The van der Waals surface area contributed by atoms with Crippen molar-refractivity contribution in [2.75, 3.05) is 0 Å². The molecule has 0 radical (unpaired) electrons. The minimum atomic E-state index is -0.591. The predicted molar refractivity (Wildman–Crippen MR) is 115 cm³/mol. The van der Waals surface area contributed by atoms with E-state index >= 15 is 0 Å². The number of benzene rings is 2.